The molecule has 0 saturated carbocycles. The largest absolute Gasteiger partial charge is 0.380 e. The normalized spacial score (nSPS) is 17.7. The van der Waals surface area contributed by atoms with Crippen LogP contribution in [0.3, 0.4) is 0 Å². The Morgan fingerprint density at radius 1 is 1.00 bits per heavy atom. The first-order valence-corrected chi connectivity index (χ1v) is 6.66. The first kappa shape index (κ1) is 14.1. The van der Waals surface area contributed by atoms with Gasteiger partial charge < -0.3 is 10.2 Å². The number of hydrogen-bond donors (Lipinski definition) is 2. The molecule has 0 aromatic heterocycles. The highest BCUT2D eigenvalue weighted by atomic mass is 32.2. The van der Waals surface area contributed by atoms with Crippen molar-refractivity contribution in [2.45, 2.75) is 63.2 Å². The molecule has 2 atom stereocenters. The summed E-state index contributed by atoms with van der Waals surface area (Å²) >= 11 is 0. The maximum absolute atomic E-state index is 11.5. The lowest BCUT2D eigenvalue weighted by Crippen LogP contribution is -2.25. The van der Waals surface area contributed by atoms with Crippen molar-refractivity contribution >= 4 is 10.8 Å². The van der Waals surface area contributed by atoms with Crippen molar-refractivity contribution in [1.82, 2.24) is 0 Å². The zero-order chi connectivity index (χ0) is 11.0. The van der Waals surface area contributed by atoms with Crippen molar-refractivity contribution in [2.24, 2.45) is 0 Å². The maximum atomic E-state index is 11.5. The number of rotatable bonds is 8. The SMILES string of the molecule is CCCCC(O)S(=O)C(O)CCCC. The second-order valence-corrected chi connectivity index (χ2v) is 5.27. The van der Waals surface area contributed by atoms with Crippen LogP contribution in [0.15, 0.2) is 0 Å². The number of hydrogen-bond acceptors (Lipinski definition) is 3. The van der Waals surface area contributed by atoms with E-state index in [1.54, 1.807) is 0 Å². The van der Waals surface area contributed by atoms with Gasteiger partial charge in [-0.15, -0.1) is 0 Å². The van der Waals surface area contributed by atoms with Crippen LogP contribution in [-0.4, -0.2) is 25.3 Å². The highest BCUT2D eigenvalue weighted by Gasteiger charge is 2.20. The Morgan fingerprint density at radius 3 is 1.64 bits per heavy atom. The van der Waals surface area contributed by atoms with E-state index in [-0.39, 0.29) is 0 Å². The molecule has 0 aliphatic heterocycles. The van der Waals surface area contributed by atoms with Crippen molar-refractivity contribution in [3.8, 4) is 0 Å². The summed E-state index contributed by atoms with van der Waals surface area (Å²) in [6.45, 7) is 4.03. The summed E-state index contributed by atoms with van der Waals surface area (Å²) in [5.74, 6) is 0. The van der Waals surface area contributed by atoms with Gasteiger partial charge in [0.15, 0.2) is 0 Å². The lowest BCUT2D eigenvalue weighted by atomic mass is 10.3. The molecule has 0 aromatic rings. The highest BCUT2D eigenvalue weighted by Crippen LogP contribution is 2.12. The first-order chi connectivity index (χ1) is 6.63. The zero-order valence-electron chi connectivity index (χ0n) is 9.11. The van der Waals surface area contributed by atoms with Crippen LogP contribution in [0.2, 0.25) is 0 Å². The van der Waals surface area contributed by atoms with Gasteiger partial charge in [-0.25, -0.2) is 0 Å². The fourth-order valence-corrected chi connectivity index (χ4v) is 2.33. The van der Waals surface area contributed by atoms with Crippen LogP contribution in [0, 0.1) is 0 Å². The third-order valence-corrected chi connectivity index (χ3v) is 3.69. The fraction of sp³-hybridized carbons (Fsp3) is 1.00. The monoisotopic (exact) mass is 222 g/mol. The van der Waals surface area contributed by atoms with E-state index in [0.717, 1.165) is 25.7 Å². The predicted octanol–water partition coefficient (Wildman–Crippen LogP) is 1.75. The fourth-order valence-electron chi connectivity index (χ4n) is 1.17. The average Bonchev–Trinajstić information content (AvgIpc) is 2.21. The Hall–Kier alpha value is 0.0700. The minimum absolute atomic E-state index is 0.520. The molecule has 0 fully saturated rings. The molecule has 4 heteroatoms. The van der Waals surface area contributed by atoms with Crippen LogP contribution in [0.4, 0.5) is 0 Å². The Kier molecular flexibility index (Phi) is 8.43. The van der Waals surface area contributed by atoms with Gasteiger partial charge in [0.25, 0.3) is 0 Å². The summed E-state index contributed by atoms with van der Waals surface area (Å²) in [7, 11) is -1.50. The number of aliphatic hydroxyl groups is 2. The van der Waals surface area contributed by atoms with E-state index in [4.69, 9.17) is 0 Å². The van der Waals surface area contributed by atoms with Crippen molar-refractivity contribution in [3.05, 3.63) is 0 Å². The Morgan fingerprint density at radius 2 is 1.36 bits per heavy atom. The van der Waals surface area contributed by atoms with Gasteiger partial charge in [0.2, 0.25) is 0 Å². The van der Waals surface area contributed by atoms with Crippen molar-refractivity contribution in [1.29, 1.82) is 0 Å². The molecule has 2 N–H and O–H groups in total. The molecular formula is C10H22O3S. The molecule has 0 aromatic carbocycles. The molecule has 3 nitrogen and oxygen atoms in total. The van der Waals surface area contributed by atoms with E-state index >= 15 is 0 Å². The molecule has 0 aliphatic carbocycles. The van der Waals surface area contributed by atoms with Crippen LogP contribution in [0.5, 0.6) is 0 Å². The van der Waals surface area contributed by atoms with E-state index in [0.29, 0.717) is 12.8 Å². The average molecular weight is 222 g/mol. The van der Waals surface area contributed by atoms with E-state index < -0.39 is 21.7 Å². The summed E-state index contributed by atoms with van der Waals surface area (Å²) in [6, 6.07) is 0. The lowest BCUT2D eigenvalue weighted by Gasteiger charge is -2.14. The minimum Gasteiger partial charge on any atom is -0.380 e. The van der Waals surface area contributed by atoms with Crippen molar-refractivity contribution < 1.29 is 14.4 Å². The van der Waals surface area contributed by atoms with E-state index in [1.165, 1.54) is 0 Å². The molecule has 0 rings (SSSR count). The minimum atomic E-state index is -1.50. The Bertz CT molecular complexity index is 145. The first-order valence-electron chi connectivity index (χ1n) is 5.39. The molecule has 0 aliphatic rings. The van der Waals surface area contributed by atoms with Gasteiger partial charge in [-0.2, -0.15) is 0 Å². The van der Waals surface area contributed by atoms with E-state index in [9.17, 15) is 14.4 Å². The second kappa shape index (κ2) is 8.38. The standard InChI is InChI=1S/C10H22O3S/c1-3-5-7-9(11)14(13)10(12)8-6-4-2/h9-12H,3-8H2,1-2H3. The van der Waals surface area contributed by atoms with Crippen LogP contribution in [0.25, 0.3) is 0 Å². The van der Waals surface area contributed by atoms with Crippen LogP contribution in [-0.2, 0) is 10.8 Å². The summed E-state index contributed by atoms with van der Waals surface area (Å²) in [5, 5.41) is 18.9. The summed E-state index contributed by atoms with van der Waals surface area (Å²) < 4.78 is 11.5. The Labute approximate surface area is 89.0 Å². The molecular weight excluding hydrogens is 200 g/mol. The van der Waals surface area contributed by atoms with Gasteiger partial charge in [0, 0.05) is 0 Å². The molecule has 0 amide bonds. The number of unbranched alkanes of at least 4 members (excludes halogenated alkanes) is 2. The zero-order valence-corrected chi connectivity index (χ0v) is 9.92. The van der Waals surface area contributed by atoms with Gasteiger partial charge in [0.1, 0.15) is 10.9 Å². The predicted molar refractivity (Wildman–Crippen MR) is 59.2 cm³/mol. The van der Waals surface area contributed by atoms with E-state index in [1.807, 2.05) is 13.8 Å². The van der Waals surface area contributed by atoms with Crippen molar-refractivity contribution in [2.75, 3.05) is 0 Å². The Balaban J connectivity index is 3.78. The third-order valence-electron chi connectivity index (χ3n) is 2.15. The topological polar surface area (TPSA) is 57.5 Å². The van der Waals surface area contributed by atoms with E-state index in [2.05, 4.69) is 0 Å². The molecule has 0 heterocycles. The van der Waals surface area contributed by atoms with Crippen LogP contribution < -0.4 is 0 Å². The maximum Gasteiger partial charge on any atom is 0.131 e. The lowest BCUT2D eigenvalue weighted by molar-refractivity contribution is 0.209. The molecule has 0 saturated heterocycles. The second-order valence-electron chi connectivity index (χ2n) is 3.52. The quantitative estimate of drug-likeness (QED) is 0.658. The summed E-state index contributed by atoms with van der Waals surface area (Å²) in [5.41, 5.74) is -1.72. The molecule has 0 spiro atoms. The molecule has 2 unspecified atom stereocenters. The van der Waals surface area contributed by atoms with Gasteiger partial charge in [0.05, 0.1) is 10.8 Å². The van der Waals surface area contributed by atoms with Gasteiger partial charge in [-0.3, -0.25) is 4.21 Å². The van der Waals surface area contributed by atoms with Gasteiger partial charge in [-0.05, 0) is 12.8 Å². The van der Waals surface area contributed by atoms with Crippen LogP contribution in [0.1, 0.15) is 52.4 Å². The third kappa shape index (κ3) is 5.73. The molecule has 86 valence electrons. The highest BCUT2D eigenvalue weighted by molar-refractivity contribution is 7.85. The molecule has 0 radical (unpaired) electrons. The smallest absolute Gasteiger partial charge is 0.131 e. The molecule has 14 heavy (non-hydrogen) atoms. The molecule has 0 bridgehead atoms. The number of aliphatic hydroxyl groups excluding tert-OH is 2. The summed E-state index contributed by atoms with van der Waals surface area (Å²) in [6.07, 6.45) is 4.69. The summed E-state index contributed by atoms with van der Waals surface area (Å²) in [4.78, 5) is 0. The van der Waals surface area contributed by atoms with Gasteiger partial charge in [-0.1, -0.05) is 39.5 Å². The van der Waals surface area contributed by atoms with Crippen LogP contribution >= 0.6 is 0 Å². The van der Waals surface area contributed by atoms with Gasteiger partial charge >= 0.3 is 0 Å². The van der Waals surface area contributed by atoms with Crippen molar-refractivity contribution in [3.63, 3.8) is 0 Å².